The lowest BCUT2D eigenvalue weighted by Gasteiger charge is -2.18. The molecule has 0 saturated heterocycles. The Morgan fingerprint density at radius 1 is 1.22 bits per heavy atom. The summed E-state index contributed by atoms with van der Waals surface area (Å²) in [4.78, 5) is 11.9. The Bertz CT molecular complexity index is 654. The monoisotopic (exact) mass is 395 g/mol. The number of carbonyl (C=O) groups excluding carboxylic acids is 1. The second-order valence-corrected chi connectivity index (χ2v) is 7.50. The van der Waals surface area contributed by atoms with Gasteiger partial charge in [-0.25, -0.2) is 0 Å². The minimum atomic E-state index is -0.223. The number of halogens is 1. The molecule has 1 aliphatic carbocycles. The van der Waals surface area contributed by atoms with Crippen molar-refractivity contribution in [3.05, 3.63) is 33.7 Å². The molecule has 0 radical (unpaired) electrons. The fraction of sp³-hybridized carbons (Fsp3) is 0.438. The van der Waals surface area contributed by atoms with Crippen LogP contribution in [-0.2, 0) is 4.79 Å². The molecule has 0 aliphatic heterocycles. The van der Waals surface area contributed by atoms with Crippen LogP contribution in [0.25, 0.3) is 0 Å². The first-order chi connectivity index (χ1) is 11.2. The number of hydrogen-bond acceptors (Lipinski definition) is 5. The third-order valence-electron chi connectivity index (χ3n) is 3.82. The first kappa shape index (κ1) is 16.4. The van der Waals surface area contributed by atoms with E-state index >= 15 is 0 Å². The van der Waals surface area contributed by atoms with Gasteiger partial charge in [-0.05, 0) is 37.1 Å². The van der Waals surface area contributed by atoms with Gasteiger partial charge in [0.25, 0.3) is 5.91 Å². The minimum absolute atomic E-state index is 0.0417. The topological polar surface area (TPSA) is 64.1 Å². The standard InChI is InChI=1S/C16H18BrN3O2S/c17-12-6-8-13(9-7-12)22-10-14(21)18-16-20-19-15(23-16)11-4-2-1-3-5-11/h6-9,11H,1-5,10H2,(H,18,20,21). The number of rotatable bonds is 5. The van der Waals surface area contributed by atoms with Crippen LogP contribution in [0, 0.1) is 0 Å². The molecule has 0 unspecified atom stereocenters. The summed E-state index contributed by atoms with van der Waals surface area (Å²) in [6, 6.07) is 7.36. The number of ether oxygens (including phenoxy) is 1. The number of aromatic nitrogens is 2. The van der Waals surface area contributed by atoms with Gasteiger partial charge in [-0.2, -0.15) is 0 Å². The molecule has 2 aromatic rings. The summed E-state index contributed by atoms with van der Waals surface area (Å²) in [5.74, 6) is 0.939. The zero-order chi connectivity index (χ0) is 16.1. The second-order valence-electron chi connectivity index (χ2n) is 5.57. The summed E-state index contributed by atoms with van der Waals surface area (Å²) < 4.78 is 6.41. The van der Waals surface area contributed by atoms with Crippen LogP contribution in [-0.4, -0.2) is 22.7 Å². The maximum absolute atomic E-state index is 11.9. The average Bonchev–Trinajstić information content (AvgIpc) is 3.04. The Hall–Kier alpha value is -1.47. The molecule has 1 amide bonds. The zero-order valence-electron chi connectivity index (χ0n) is 12.6. The van der Waals surface area contributed by atoms with Gasteiger partial charge in [0.1, 0.15) is 10.8 Å². The van der Waals surface area contributed by atoms with Gasteiger partial charge in [0, 0.05) is 10.4 Å². The fourth-order valence-electron chi connectivity index (χ4n) is 2.63. The normalized spacial score (nSPS) is 15.3. The molecule has 7 heteroatoms. The van der Waals surface area contributed by atoms with Crippen LogP contribution in [0.5, 0.6) is 5.75 Å². The van der Waals surface area contributed by atoms with Gasteiger partial charge in [0.05, 0.1) is 0 Å². The highest BCUT2D eigenvalue weighted by molar-refractivity contribution is 9.10. The Morgan fingerprint density at radius 3 is 2.70 bits per heavy atom. The van der Waals surface area contributed by atoms with Gasteiger partial charge in [0.2, 0.25) is 5.13 Å². The summed E-state index contributed by atoms with van der Waals surface area (Å²) in [6.45, 7) is -0.0417. The van der Waals surface area contributed by atoms with E-state index in [1.54, 1.807) is 0 Å². The summed E-state index contributed by atoms with van der Waals surface area (Å²) in [5, 5.41) is 12.6. The van der Waals surface area contributed by atoms with Gasteiger partial charge in [-0.15, -0.1) is 10.2 Å². The first-order valence-corrected chi connectivity index (χ1v) is 9.33. The number of benzene rings is 1. The maximum Gasteiger partial charge on any atom is 0.264 e. The van der Waals surface area contributed by atoms with E-state index < -0.39 is 0 Å². The third-order valence-corrected chi connectivity index (χ3v) is 5.35. The molecule has 0 bridgehead atoms. The first-order valence-electron chi connectivity index (χ1n) is 7.72. The van der Waals surface area contributed by atoms with Crippen molar-refractivity contribution in [3.8, 4) is 5.75 Å². The van der Waals surface area contributed by atoms with E-state index in [1.165, 1.54) is 43.4 Å². The van der Waals surface area contributed by atoms with E-state index in [1.807, 2.05) is 24.3 Å². The van der Waals surface area contributed by atoms with Crippen LogP contribution in [0.2, 0.25) is 0 Å². The van der Waals surface area contributed by atoms with Gasteiger partial charge in [0.15, 0.2) is 6.61 Å². The molecule has 0 atom stereocenters. The number of nitrogens with zero attached hydrogens (tertiary/aromatic N) is 2. The van der Waals surface area contributed by atoms with E-state index in [0.717, 1.165) is 9.48 Å². The van der Waals surface area contributed by atoms with Crippen LogP contribution < -0.4 is 10.1 Å². The van der Waals surface area contributed by atoms with Crippen molar-refractivity contribution in [2.45, 2.75) is 38.0 Å². The minimum Gasteiger partial charge on any atom is -0.484 e. The lowest BCUT2D eigenvalue weighted by atomic mass is 9.90. The SMILES string of the molecule is O=C(COc1ccc(Br)cc1)Nc1nnc(C2CCCCC2)s1. The summed E-state index contributed by atoms with van der Waals surface area (Å²) in [5.41, 5.74) is 0. The molecule has 1 aliphatic rings. The van der Waals surface area contributed by atoms with Crippen molar-refractivity contribution in [2.24, 2.45) is 0 Å². The Kier molecular flexibility index (Phi) is 5.61. The van der Waals surface area contributed by atoms with Crippen molar-refractivity contribution >= 4 is 38.3 Å². The number of carbonyl (C=O) groups is 1. The molecule has 1 saturated carbocycles. The van der Waals surface area contributed by atoms with Gasteiger partial charge in [-0.1, -0.05) is 46.5 Å². The molecule has 122 valence electrons. The predicted molar refractivity (Wildman–Crippen MR) is 94.0 cm³/mol. The van der Waals surface area contributed by atoms with Crippen molar-refractivity contribution < 1.29 is 9.53 Å². The van der Waals surface area contributed by atoms with Crippen LogP contribution in [0.15, 0.2) is 28.7 Å². The molecule has 1 aromatic carbocycles. The van der Waals surface area contributed by atoms with Crippen molar-refractivity contribution in [2.75, 3.05) is 11.9 Å². The molecule has 3 rings (SSSR count). The summed E-state index contributed by atoms with van der Waals surface area (Å²) in [6.07, 6.45) is 6.18. The van der Waals surface area contributed by atoms with E-state index in [0.29, 0.717) is 16.8 Å². The maximum atomic E-state index is 11.9. The van der Waals surface area contributed by atoms with Gasteiger partial charge >= 0.3 is 0 Å². The number of nitrogens with one attached hydrogen (secondary N) is 1. The smallest absolute Gasteiger partial charge is 0.264 e. The molecule has 1 N–H and O–H groups in total. The highest BCUT2D eigenvalue weighted by Crippen LogP contribution is 2.35. The molecule has 1 fully saturated rings. The summed E-state index contributed by atoms with van der Waals surface area (Å²) >= 11 is 4.83. The highest BCUT2D eigenvalue weighted by Gasteiger charge is 2.20. The third kappa shape index (κ3) is 4.75. The van der Waals surface area contributed by atoms with E-state index in [2.05, 4.69) is 31.4 Å². The number of amides is 1. The molecule has 5 nitrogen and oxygen atoms in total. The van der Waals surface area contributed by atoms with Crippen LogP contribution in [0.1, 0.15) is 43.0 Å². The van der Waals surface area contributed by atoms with E-state index in [-0.39, 0.29) is 12.5 Å². The predicted octanol–water partition coefficient (Wildman–Crippen LogP) is 4.37. The zero-order valence-corrected chi connectivity index (χ0v) is 15.0. The Balaban J connectivity index is 1.49. The molecule has 1 heterocycles. The fourth-order valence-corrected chi connectivity index (χ4v) is 3.83. The van der Waals surface area contributed by atoms with Crippen LogP contribution in [0.4, 0.5) is 5.13 Å². The van der Waals surface area contributed by atoms with Crippen LogP contribution >= 0.6 is 27.3 Å². The summed E-state index contributed by atoms with van der Waals surface area (Å²) in [7, 11) is 0. The van der Waals surface area contributed by atoms with Crippen molar-refractivity contribution in [1.29, 1.82) is 0 Å². The van der Waals surface area contributed by atoms with Crippen LogP contribution in [0.3, 0.4) is 0 Å². The van der Waals surface area contributed by atoms with Crippen molar-refractivity contribution in [1.82, 2.24) is 10.2 Å². The Labute approximate surface area is 147 Å². The quantitative estimate of drug-likeness (QED) is 0.816. The molecule has 23 heavy (non-hydrogen) atoms. The Morgan fingerprint density at radius 2 is 1.96 bits per heavy atom. The van der Waals surface area contributed by atoms with Gasteiger partial charge in [-0.3, -0.25) is 10.1 Å². The number of hydrogen-bond donors (Lipinski definition) is 1. The van der Waals surface area contributed by atoms with Gasteiger partial charge < -0.3 is 4.74 Å². The molecular formula is C16H18BrN3O2S. The second kappa shape index (κ2) is 7.88. The largest absolute Gasteiger partial charge is 0.484 e. The average molecular weight is 396 g/mol. The molecular weight excluding hydrogens is 378 g/mol. The van der Waals surface area contributed by atoms with E-state index in [4.69, 9.17) is 4.74 Å². The van der Waals surface area contributed by atoms with Crippen molar-refractivity contribution in [3.63, 3.8) is 0 Å². The molecule has 0 spiro atoms. The highest BCUT2D eigenvalue weighted by atomic mass is 79.9. The lowest BCUT2D eigenvalue weighted by molar-refractivity contribution is -0.118. The van der Waals surface area contributed by atoms with E-state index in [9.17, 15) is 4.79 Å². The molecule has 1 aromatic heterocycles. The number of anilines is 1. The lowest BCUT2D eigenvalue weighted by Crippen LogP contribution is -2.20.